The predicted octanol–water partition coefficient (Wildman–Crippen LogP) is 2.61. The maximum absolute atomic E-state index is 12.9. The van der Waals surface area contributed by atoms with Crippen molar-refractivity contribution in [3.63, 3.8) is 0 Å². The third kappa shape index (κ3) is 1.51. The van der Waals surface area contributed by atoms with Gasteiger partial charge in [-0.15, -0.1) is 6.58 Å². The number of epoxide rings is 1. The summed E-state index contributed by atoms with van der Waals surface area (Å²) < 4.78 is 6.37. The number of carbonyl (C=O) groups excluding carboxylic acids is 2. The fraction of sp³-hybridized carbons (Fsp3) is 0.778. The summed E-state index contributed by atoms with van der Waals surface area (Å²) in [4.78, 5) is 27.0. The highest BCUT2D eigenvalue weighted by molar-refractivity contribution is 6.83. The largest absolute Gasteiger partial charge is 0.369 e. The number of carbonyl (C=O) groups is 2. The minimum Gasteiger partial charge on any atom is -0.369 e. The molecular weight excluding hydrogens is 306 g/mol. The van der Waals surface area contributed by atoms with Gasteiger partial charge in [0.25, 0.3) is 0 Å². The van der Waals surface area contributed by atoms with Crippen molar-refractivity contribution < 1.29 is 14.3 Å². The normalized spacial score (nSPS) is 44.6. The molecule has 2 amide bonds. The van der Waals surface area contributed by atoms with Gasteiger partial charge >= 0.3 is 0 Å². The third-order valence-electron chi connectivity index (χ3n) is 7.70. The molecule has 126 valence electrons. The van der Waals surface area contributed by atoms with Gasteiger partial charge in [-0.05, 0) is 11.5 Å². The molecule has 0 N–H and O–H groups in total. The third-order valence-corrected chi connectivity index (χ3v) is 14.2. The van der Waals surface area contributed by atoms with Gasteiger partial charge in [0.15, 0.2) is 0 Å². The summed E-state index contributed by atoms with van der Waals surface area (Å²) in [7, 11) is -1.75. The Morgan fingerprint density at radius 1 is 1.30 bits per heavy atom. The lowest BCUT2D eigenvalue weighted by Crippen LogP contribution is -2.58. The van der Waals surface area contributed by atoms with Gasteiger partial charge < -0.3 is 4.74 Å². The van der Waals surface area contributed by atoms with E-state index in [1.807, 2.05) is 0 Å². The summed E-state index contributed by atoms with van der Waals surface area (Å²) >= 11 is 0. The number of hydrogen-bond donors (Lipinski definition) is 0. The van der Waals surface area contributed by atoms with E-state index in [9.17, 15) is 9.59 Å². The van der Waals surface area contributed by atoms with Gasteiger partial charge in [-0.25, -0.2) is 0 Å². The Bertz CT molecular complexity index is 622. The summed E-state index contributed by atoms with van der Waals surface area (Å²) in [6.45, 7) is 15.8. The molecule has 4 fully saturated rings. The molecule has 6 atom stereocenters. The molecule has 6 unspecified atom stereocenters. The molecule has 4 aliphatic rings. The van der Waals surface area contributed by atoms with Crippen LogP contribution in [0.2, 0.25) is 18.1 Å². The van der Waals surface area contributed by atoms with Crippen molar-refractivity contribution in [2.24, 2.45) is 23.7 Å². The number of imide groups is 1. The minimum absolute atomic E-state index is 0.0201. The number of likely N-dealkylation sites (tertiary alicyclic amines) is 1. The van der Waals surface area contributed by atoms with E-state index >= 15 is 0 Å². The number of hydrogen-bond acceptors (Lipinski definition) is 3. The smallest absolute Gasteiger partial charge is 0.233 e. The van der Waals surface area contributed by atoms with Crippen molar-refractivity contribution in [3.05, 3.63) is 12.7 Å². The number of amides is 2. The van der Waals surface area contributed by atoms with E-state index in [0.29, 0.717) is 6.54 Å². The van der Waals surface area contributed by atoms with Crippen molar-refractivity contribution in [1.29, 1.82) is 0 Å². The zero-order valence-corrected chi connectivity index (χ0v) is 15.8. The Balaban J connectivity index is 1.73. The van der Waals surface area contributed by atoms with E-state index in [-0.39, 0.29) is 51.9 Å². The monoisotopic (exact) mass is 333 g/mol. The number of ether oxygens (including phenoxy) is 1. The molecule has 4 nitrogen and oxygen atoms in total. The SMILES string of the molecule is C=CCN1C(=O)C2C3CC(C2C1=O)C1([Si](C)(C)C(C)(C)C)OC31. The lowest BCUT2D eigenvalue weighted by molar-refractivity contribution is -0.140. The highest BCUT2D eigenvalue weighted by atomic mass is 28.3. The molecule has 0 radical (unpaired) electrons. The van der Waals surface area contributed by atoms with Crippen molar-refractivity contribution in [2.75, 3.05) is 6.54 Å². The highest BCUT2D eigenvalue weighted by Gasteiger charge is 2.85. The topological polar surface area (TPSA) is 49.9 Å². The van der Waals surface area contributed by atoms with Gasteiger partial charge in [-0.2, -0.15) is 0 Å². The van der Waals surface area contributed by atoms with Crippen LogP contribution in [0, 0.1) is 23.7 Å². The Morgan fingerprint density at radius 3 is 2.48 bits per heavy atom. The number of nitrogens with zero attached hydrogens (tertiary/aromatic N) is 1. The van der Waals surface area contributed by atoms with Crippen LogP contribution in [0.5, 0.6) is 0 Å². The lowest BCUT2D eigenvalue weighted by atomic mass is 9.80. The van der Waals surface area contributed by atoms with Crippen LogP contribution in [0.3, 0.4) is 0 Å². The average molecular weight is 334 g/mol. The van der Waals surface area contributed by atoms with Crippen LogP contribution < -0.4 is 0 Å². The second kappa shape index (κ2) is 4.17. The fourth-order valence-corrected chi connectivity index (χ4v) is 9.47. The molecule has 2 bridgehead atoms. The molecule has 0 aromatic rings. The van der Waals surface area contributed by atoms with Crippen LogP contribution in [0.1, 0.15) is 27.2 Å². The zero-order valence-electron chi connectivity index (χ0n) is 14.8. The van der Waals surface area contributed by atoms with Crippen molar-refractivity contribution in [3.8, 4) is 0 Å². The molecule has 2 saturated carbocycles. The van der Waals surface area contributed by atoms with Gasteiger partial charge in [0.1, 0.15) is 0 Å². The van der Waals surface area contributed by atoms with E-state index in [1.54, 1.807) is 6.08 Å². The molecule has 2 aliphatic carbocycles. The first-order chi connectivity index (χ1) is 10.6. The van der Waals surface area contributed by atoms with Gasteiger partial charge in [-0.1, -0.05) is 39.9 Å². The molecule has 0 spiro atoms. The number of fused-ring (bicyclic) bond motifs is 8. The van der Waals surface area contributed by atoms with Crippen molar-refractivity contribution in [2.45, 2.75) is 56.7 Å². The first kappa shape index (κ1) is 15.6. The molecule has 2 saturated heterocycles. The first-order valence-electron chi connectivity index (χ1n) is 8.73. The molecule has 23 heavy (non-hydrogen) atoms. The average Bonchev–Trinajstić information content (AvgIpc) is 2.91. The summed E-state index contributed by atoms with van der Waals surface area (Å²) in [5.41, 5.74) is 0. The van der Waals surface area contributed by atoms with E-state index in [2.05, 4.69) is 40.4 Å². The second-order valence-electron chi connectivity index (χ2n) is 9.34. The molecule has 0 aromatic heterocycles. The van der Waals surface area contributed by atoms with Gasteiger partial charge in [0.2, 0.25) is 11.8 Å². The van der Waals surface area contributed by atoms with Crippen LogP contribution in [-0.4, -0.2) is 42.7 Å². The zero-order chi connectivity index (χ0) is 16.9. The minimum atomic E-state index is -1.75. The molecule has 4 rings (SSSR count). The highest BCUT2D eigenvalue weighted by Crippen LogP contribution is 2.74. The maximum atomic E-state index is 12.9. The lowest BCUT2D eigenvalue weighted by Gasteiger charge is -2.45. The Hall–Kier alpha value is -0.943. The van der Waals surface area contributed by atoms with Crippen LogP contribution in [0.25, 0.3) is 0 Å². The van der Waals surface area contributed by atoms with Crippen LogP contribution in [0.15, 0.2) is 12.7 Å². The fourth-order valence-electron chi connectivity index (χ4n) is 5.73. The molecule has 5 heteroatoms. The molecular formula is C18H27NO3Si. The van der Waals surface area contributed by atoms with Crippen LogP contribution in [-0.2, 0) is 14.3 Å². The van der Waals surface area contributed by atoms with E-state index in [1.165, 1.54) is 4.90 Å². The van der Waals surface area contributed by atoms with E-state index < -0.39 is 8.07 Å². The van der Waals surface area contributed by atoms with Crippen molar-refractivity contribution in [1.82, 2.24) is 4.90 Å². The van der Waals surface area contributed by atoms with Crippen LogP contribution >= 0.6 is 0 Å². The molecule has 0 aromatic carbocycles. The number of rotatable bonds is 3. The second-order valence-corrected chi connectivity index (χ2v) is 14.9. The molecule has 2 heterocycles. The Morgan fingerprint density at radius 2 is 1.91 bits per heavy atom. The molecule has 2 aliphatic heterocycles. The summed E-state index contributed by atoms with van der Waals surface area (Å²) in [5, 5.41) is 0.130. The van der Waals surface area contributed by atoms with Gasteiger partial charge in [0.05, 0.1) is 31.2 Å². The Kier molecular flexibility index (Phi) is 2.83. The maximum Gasteiger partial charge on any atom is 0.233 e. The standard InChI is InChI=1S/C18H27NO3Si/c1-7-8-19-15(20)12-10-9-11(13(12)16(19)21)18(14(10)22-18)23(5,6)17(2,3)4/h7,10-14H,1,8-9H2,2-6H3. The summed E-state index contributed by atoms with van der Waals surface area (Å²) in [5.74, 6) is 0.282. The summed E-state index contributed by atoms with van der Waals surface area (Å²) in [6.07, 6.45) is 2.88. The van der Waals surface area contributed by atoms with E-state index in [0.717, 1.165) is 6.42 Å². The van der Waals surface area contributed by atoms with Gasteiger partial charge in [0, 0.05) is 18.4 Å². The predicted molar refractivity (Wildman–Crippen MR) is 90.3 cm³/mol. The van der Waals surface area contributed by atoms with E-state index in [4.69, 9.17) is 4.74 Å². The van der Waals surface area contributed by atoms with Gasteiger partial charge in [-0.3, -0.25) is 14.5 Å². The Labute approximate surface area is 139 Å². The first-order valence-corrected chi connectivity index (χ1v) is 11.7. The summed E-state index contributed by atoms with van der Waals surface area (Å²) in [6, 6.07) is 0. The van der Waals surface area contributed by atoms with Crippen LogP contribution in [0.4, 0.5) is 0 Å². The van der Waals surface area contributed by atoms with Crippen molar-refractivity contribution >= 4 is 19.9 Å². The quantitative estimate of drug-likeness (QED) is 0.345.